The van der Waals surface area contributed by atoms with Crippen LogP contribution in [0.5, 0.6) is 0 Å². The van der Waals surface area contributed by atoms with Gasteiger partial charge in [-0.1, -0.05) is 6.92 Å². The van der Waals surface area contributed by atoms with Crippen molar-refractivity contribution in [2.75, 3.05) is 18.8 Å². The quantitative estimate of drug-likeness (QED) is 0.806. The van der Waals surface area contributed by atoms with Crippen molar-refractivity contribution in [1.82, 2.24) is 19.2 Å². The molecule has 8 nitrogen and oxygen atoms in total. The molecule has 0 spiro atoms. The molecule has 3 heterocycles. The second kappa shape index (κ2) is 7.26. The zero-order chi connectivity index (χ0) is 20.1. The zero-order valence-electron chi connectivity index (χ0n) is 16.5. The van der Waals surface area contributed by atoms with Gasteiger partial charge in [0.05, 0.1) is 24.0 Å². The first-order valence-electron chi connectivity index (χ1n) is 10.2. The molecule has 28 heavy (non-hydrogen) atoms. The number of fused-ring (bicyclic) bond motifs is 1. The molecule has 1 saturated heterocycles. The fraction of sp³-hybridized carbons (Fsp3) is 0.737. The SMILES string of the molecule is CCS(=O)(=O)N1CCc2c(nc([C@@H]3CCCCN3C(=O)[C@H]3C[C@H]3C)[nH]c2=O)C1. The Bertz CT molecular complexity index is 942. The predicted molar refractivity (Wildman–Crippen MR) is 104 cm³/mol. The lowest BCUT2D eigenvalue weighted by Gasteiger charge is -2.36. The molecule has 3 atom stereocenters. The molecule has 1 saturated carbocycles. The topological polar surface area (TPSA) is 103 Å². The summed E-state index contributed by atoms with van der Waals surface area (Å²) < 4.78 is 25.9. The summed E-state index contributed by atoms with van der Waals surface area (Å²) in [6.45, 7) is 4.82. The second-order valence-corrected chi connectivity index (χ2v) is 10.5. The average molecular weight is 409 g/mol. The molecule has 1 amide bonds. The number of H-pyrrole nitrogens is 1. The van der Waals surface area contributed by atoms with Crippen molar-refractivity contribution >= 4 is 15.9 Å². The van der Waals surface area contributed by atoms with E-state index < -0.39 is 10.0 Å². The van der Waals surface area contributed by atoms with Gasteiger partial charge in [0.25, 0.3) is 5.56 Å². The van der Waals surface area contributed by atoms with E-state index in [1.807, 2.05) is 4.90 Å². The van der Waals surface area contributed by atoms with Crippen molar-refractivity contribution in [1.29, 1.82) is 0 Å². The Labute approximate surface area is 165 Å². The number of hydrogen-bond acceptors (Lipinski definition) is 5. The third kappa shape index (κ3) is 3.50. The van der Waals surface area contributed by atoms with Gasteiger partial charge in [0.15, 0.2) is 0 Å². The largest absolute Gasteiger partial charge is 0.332 e. The van der Waals surface area contributed by atoms with E-state index in [0.29, 0.717) is 42.5 Å². The number of rotatable bonds is 4. The third-order valence-electron chi connectivity index (χ3n) is 6.34. The second-order valence-electron chi connectivity index (χ2n) is 8.22. The molecule has 2 fully saturated rings. The Morgan fingerprint density at radius 1 is 1.29 bits per heavy atom. The molecule has 0 radical (unpaired) electrons. The van der Waals surface area contributed by atoms with Gasteiger partial charge in [-0.3, -0.25) is 9.59 Å². The summed E-state index contributed by atoms with van der Waals surface area (Å²) in [4.78, 5) is 35.0. The predicted octanol–water partition coefficient (Wildman–Crippen LogP) is 1.19. The Kier molecular flexibility index (Phi) is 5.07. The van der Waals surface area contributed by atoms with Crippen LogP contribution in [0.1, 0.15) is 62.7 Å². The average Bonchev–Trinajstić information content (AvgIpc) is 3.43. The molecule has 0 bridgehead atoms. The van der Waals surface area contributed by atoms with E-state index in [9.17, 15) is 18.0 Å². The summed E-state index contributed by atoms with van der Waals surface area (Å²) in [5.41, 5.74) is 0.891. The molecule has 9 heteroatoms. The molecule has 1 aliphatic carbocycles. The van der Waals surface area contributed by atoms with Gasteiger partial charge in [-0.15, -0.1) is 0 Å². The van der Waals surface area contributed by atoms with E-state index in [1.54, 1.807) is 6.92 Å². The first-order valence-corrected chi connectivity index (χ1v) is 11.8. The highest BCUT2D eigenvalue weighted by Gasteiger charge is 2.44. The maximum atomic E-state index is 12.9. The summed E-state index contributed by atoms with van der Waals surface area (Å²) >= 11 is 0. The number of amides is 1. The zero-order valence-corrected chi connectivity index (χ0v) is 17.3. The monoisotopic (exact) mass is 408 g/mol. The lowest BCUT2D eigenvalue weighted by molar-refractivity contribution is -0.137. The number of hydrogen-bond donors (Lipinski definition) is 1. The van der Waals surface area contributed by atoms with Crippen LogP contribution in [0.3, 0.4) is 0 Å². The van der Waals surface area contributed by atoms with Crippen molar-refractivity contribution in [2.24, 2.45) is 11.8 Å². The normalized spacial score (nSPS) is 28.1. The van der Waals surface area contributed by atoms with Crippen molar-refractivity contribution < 1.29 is 13.2 Å². The van der Waals surface area contributed by atoms with Crippen LogP contribution in [0, 0.1) is 11.8 Å². The molecule has 2 aliphatic heterocycles. The summed E-state index contributed by atoms with van der Waals surface area (Å²) in [7, 11) is -3.33. The summed E-state index contributed by atoms with van der Waals surface area (Å²) in [5.74, 6) is 1.21. The van der Waals surface area contributed by atoms with Crippen molar-refractivity contribution in [3.63, 3.8) is 0 Å². The van der Waals surface area contributed by atoms with Crippen LogP contribution in [0.2, 0.25) is 0 Å². The lowest BCUT2D eigenvalue weighted by Crippen LogP contribution is -2.43. The van der Waals surface area contributed by atoms with Crippen molar-refractivity contribution in [3.05, 3.63) is 27.4 Å². The van der Waals surface area contributed by atoms with Crippen LogP contribution in [0.25, 0.3) is 0 Å². The summed E-state index contributed by atoms with van der Waals surface area (Å²) in [6.07, 6.45) is 4.00. The fourth-order valence-electron chi connectivity index (χ4n) is 4.37. The molecule has 0 unspecified atom stereocenters. The number of aromatic amines is 1. The first kappa shape index (κ1) is 19.6. The number of nitrogens with one attached hydrogen (secondary N) is 1. The highest BCUT2D eigenvalue weighted by Crippen LogP contribution is 2.42. The molecule has 154 valence electrons. The minimum Gasteiger partial charge on any atom is -0.332 e. The molecule has 4 rings (SSSR count). The number of sulfonamides is 1. The molecule has 3 aliphatic rings. The van der Waals surface area contributed by atoms with E-state index in [2.05, 4.69) is 16.9 Å². The standard InChI is InChI=1S/C19H28N4O4S/c1-3-28(26,27)22-9-7-13-15(11-22)20-17(21-18(13)24)16-6-4-5-8-23(16)19(25)14-10-12(14)2/h12,14,16H,3-11H2,1-2H3,(H,20,21,24)/t12-,14+,16+/m1/s1. The van der Waals surface area contributed by atoms with Gasteiger partial charge in [-0.2, -0.15) is 4.31 Å². The van der Waals surface area contributed by atoms with Crippen LogP contribution in [0.4, 0.5) is 0 Å². The minimum absolute atomic E-state index is 0.0306. The van der Waals surface area contributed by atoms with Gasteiger partial charge in [0.2, 0.25) is 15.9 Å². The lowest BCUT2D eigenvalue weighted by atomic mass is 9.99. The molecule has 1 aromatic rings. The van der Waals surface area contributed by atoms with Gasteiger partial charge in [-0.05, 0) is 44.9 Å². The highest BCUT2D eigenvalue weighted by molar-refractivity contribution is 7.89. The van der Waals surface area contributed by atoms with Gasteiger partial charge in [0.1, 0.15) is 5.82 Å². The van der Waals surface area contributed by atoms with Crippen molar-refractivity contribution in [2.45, 2.75) is 58.5 Å². The number of aromatic nitrogens is 2. The Morgan fingerprint density at radius 2 is 2.04 bits per heavy atom. The smallest absolute Gasteiger partial charge is 0.254 e. The first-order chi connectivity index (χ1) is 13.3. The summed E-state index contributed by atoms with van der Waals surface area (Å²) in [5, 5.41) is 0. The van der Waals surface area contributed by atoms with E-state index in [-0.39, 0.29) is 35.7 Å². The maximum Gasteiger partial charge on any atom is 0.254 e. The third-order valence-corrected chi connectivity index (χ3v) is 8.17. The Hall–Kier alpha value is -1.74. The van der Waals surface area contributed by atoms with E-state index in [0.717, 1.165) is 25.7 Å². The van der Waals surface area contributed by atoms with Crippen LogP contribution in [0.15, 0.2) is 4.79 Å². The van der Waals surface area contributed by atoms with Gasteiger partial charge >= 0.3 is 0 Å². The van der Waals surface area contributed by atoms with Crippen LogP contribution in [-0.2, 0) is 27.8 Å². The van der Waals surface area contributed by atoms with E-state index in [4.69, 9.17) is 0 Å². The van der Waals surface area contributed by atoms with E-state index >= 15 is 0 Å². The molecule has 1 N–H and O–H groups in total. The maximum absolute atomic E-state index is 12.9. The van der Waals surface area contributed by atoms with Crippen LogP contribution < -0.4 is 5.56 Å². The van der Waals surface area contributed by atoms with Gasteiger partial charge in [-0.25, -0.2) is 13.4 Å². The fourth-order valence-corrected chi connectivity index (χ4v) is 5.43. The van der Waals surface area contributed by atoms with Crippen LogP contribution in [-0.4, -0.2) is 52.3 Å². The number of carbonyl (C=O) groups is 1. The van der Waals surface area contributed by atoms with Crippen LogP contribution >= 0.6 is 0 Å². The Balaban J connectivity index is 1.65. The summed E-state index contributed by atoms with van der Waals surface area (Å²) in [6, 6.07) is -0.231. The van der Waals surface area contributed by atoms with Gasteiger partial charge < -0.3 is 9.88 Å². The van der Waals surface area contributed by atoms with Crippen molar-refractivity contribution in [3.8, 4) is 0 Å². The Morgan fingerprint density at radius 3 is 2.71 bits per heavy atom. The number of nitrogens with zero attached hydrogens (tertiary/aromatic N) is 3. The number of likely N-dealkylation sites (tertiary alicyclic amines) is 1. The molecule has 0 aromatic carbocycles. The van der Waals surface area contributed by atoms with E-state index in [1.165, 1.54) is 4.31 Å². The molecular weight excluding hydrogens is 380 g/mol. The molecule has 1 aromatic heterocycles. The number of carbonyl (C=O) groups excluding carboxylic acids is 1. The molecular formula is C19H28N4O4S. The van der Waals surface area contributed by atoms with Gasteiger partial charge in [0, 0.05) is 24.6 Å². The number of piperidine rings is 1. The highest BCUT2D eigenvalue weighted by atomic mass is 32.2. The minimum atomic E-state index is -3.33.